The Labute approximate surface area is 224 Å². The highest BCUT2D eigenvalue weighted by atomic mass is 35.5. The van der Waals surface area contributed by atoms with Gasteiger partial charge in [-0.15, -0.1) is 0 Å². The van der Waals surface area contributed by atoms with E-state index in [1.54, 1.807) is 6.07 Å². The zero-order valence-electron chi connectivity index (χ0n) is 21.6. The van der Waals surface area contributed by atoms with Gasteiger partial charge in [0, 0.05) is 6.54 Å². The van der Waals surface area contributed by atoms with Crippen molar-refractivity contribution in [1.82, 2.24) is 19.8 Å². The molecule has 0 unspecified atom stereocenters. The highest BCUT2D eigenvalue weighted by molar-refractivity contribution is 6.35. The highest BCUT2D eigenvalue weighted by Gasteiger charge is 2.46. The molecule has 37 heavy (non-hydrogen) atoms. The normalized spacial score (nSPS) is 22.4. The van der Waals surface area contributed by atoms with Crippen LogP contribution in [0.4, 0.5) is 0 Å². The number of benzene rings is 2. The number of rotatable bonds is 3. The van der Waals surface area contributed by atoms with Gasteiger partial charge in [0.05, 0.1) is 27.0 Å². The van der Waals surface area contributed by atoms with Gasteiger partial charge in [0.2, 0.25) is 0 Å². The van der Waals surface area contributed by atoms with Crippen LogP contribution in [0.1, 0.15) is 80.7 Å². The fourth-order valence-electron chi connectivity index (χ4n) is 7.83. The van der Waals surface area contributed by atoms with Gasteiger partial charge in [-0.25, -0.2) is 0 Å². The molecular formula is C31H37ClN4O. The first-order valence-corrected chi connectivity index (χ1v) is 14.8. The Hall–Kier alpha value is -2.21. The lowest BCUT2D eigenvalue weighted by atomic mass is 9.69. The minimum absolute atomic E-state index is 0.153. The number of halogens is 1. The van der Waals surface area contributed by atoms with Crippen LogP contribution in [-0.2, 0) is 5.41 Å². The maximum absolute atomic E-state index is 13.2. The lowest BCUT2D eigenvalue weighted by Crippen LogP contribution is -2.39. The Morgan fingerprint density at radius 3 is 2.57 bits per heavy atom. The van der Waals surface area contributed by atoms with Gasteiger partial charge >= 0.3 is 0 Å². The largest absolute Gasteiger partial charge is 0.317 e. The average Bonchev–Trinajstić information content (AvgIpc) is 3.18. The van der Waals surface area contributed by atoms with Crippen molar-refractivity contribution in [2.45, 2.75) is 69.1 Å². The van der Waals surface area contributed by atoms with Crippen LogP contribution in [0, 0.1) is 5.92 Å². The van der Waals surface area contributed by atoms with Crippen LogP contribution in [0.5, 0.6) is 0 Å². The Kier molecular flexibility index (Phi) is 6.14. The molecule has 0 radical (unpaired) electrons. The van der Waals surface area contributed by atoms with Gasteiger partial charge in [-0.3, -0.25) is 9.36 Å². The molecule has 1 saturated carbocycles. The molecule has 1 aromatic heterocycles. The molecule has 0 atom stereocenters. The number of fused-ring (bicyclic) bond motifs is 7. The van der Waals surface area contributed by atoms with E-state index in [1.807, 2.05) is 12.1 Å². The van der Waals surface area contributed by atoms with E-state index in [9.17, 15) is 4.79 Å². The molecule has 3 aromatic rings. The predicted octanol–water partition coefficient (Wildman–Crippen LogP) is 5.78. The van der Waals surface area contributed by atoms with Crippen LogP contribution >= 0.6 is 11.6 Å². The molecular weight excluding hydrogens is 480 g/mol. The number of nitrogens with zero attached hydrogens (tertiary/aromatic N) is 3. The molecule has 0 amide bonds. The van der Waals surface area contributed by atoms with Gasteiger partial charge in [0.1, 0.15) is 5.82 Å². The third-order valence-electron chi connectivity index (χ3n) is 9.81. The van der Waals surface area contributed by atoms with Crippen molar-refractivity contribution in [3.63, 3.8) is 0 Å². The number of likely N-dealkylation sites (tertiary alicyclic amines) is 1. The third-order valence-corrected chi connectivity index (χ3v) is 10.1. The van der Waals surface area contributed by atoms with Crippen molar-refractivity contribution < 1.29 is 0 Å². The maximum atomic E-state index is 13.2. The molecule has 3 fully saturated rings. The summed E-state index contributed by atoms with van der Waals surface area (Å²) in [5.41, 5.74) is 4.59. The van der Waals surface area contributed by atoms with Crippen LogP contribution in [0.2, 0.25) is 5.02 Å². The van der Waals surface area contributed by atoms with E-state index < -0.39 is 0 Å². The fraction of sp³-hybridized carbons (Fsp3) is 0.548. The summed E-state index contributed by atoms with van der Waals surface area (Å²) in [4.78, 5) is 20.7. The van der Waals surface area contributed by atoms with Gasteiger partial charge in [-0.05, 0) is 106 Å². The highest BCUT2D eigenvalue weighted by Crippen LogP contribution is 2.52. The van der Waals surface area contributed by atoms with Gasteiger partial charge in [-0.1, -0.05) is 49.1 Å². The summed E-state index contributed by atoms with van der Waals surface area (Å²) in [5, 5.41) is 4.54. The van der Waals surface area contributed by atoms with Crippen LogP contribution in [-0.4, -0.2) is 47.2 Å². The lowest BCUT2D eigenvalue weighted by Gasteiger charge is -2.36. The van der Waals surface area contributed by atoms with Crippen molar-refractivity contribution in [1.29, 1.82) is 0 Å². The van der Waals surface area contributed by atoms with Crippen LogP contribution in [0.3, 0.4) is 0 Å². The molecule has 4 aliphatic rings. The first kappa shape index (κ1) is 23.9. The van der Waals surface area contributed by atoms with E-state index in [0.29, 0.717) is 16.3 Å². The molecule has 1 N–H and O–H groups in total. The zero-order chi connectivity index (χ0) is 25.0. The summed E-state index contributed by atoms with van der Waals surface area (Å²) in [6.07, 6.45) is 10.8. The minimum atomic E-state index is -0.189. The molecule has 1 aliphatic carbocycles. The smallest absolute Gasteiger partial charge is 0.282 e. The van der Waals surface area contributed by atoms with E-state index in [4.69, 9.17) is 16.6 Å². The molecule has 5 nitrogen and oxygen atoms in total. The summed E-state index contributed by atoms with van der Waals surface area (Å²) in [6, 6.07) is 13.0. The summed E-state index contributed by atoms with van der Waals surface area (Å²) in [7, 11) is 0. The number of nitrogens with one attached hydrogen (secondary N) is 1. The average molecular weight is 517 g/mol. The Morgan fingerprint density at radius 2 is 1.78 bits per heavy atom. The minimum Gasteiger partial charge on any atom is -0.317 e. The Balaban J connectivity index is 1.25. The lowest BCUT2D eigenvalue weighted by molar-refractivity contribution is 0.167. The van der Waals surface area contributed by atoms with Gasteiger partial charge in [-0.2, -0.15) is 4.98 Å². The van der Waals surface area contributed by atoms with Gasteiger partial charge in [0.25, 0.3) is 5.56 Å². The second-order valence-electron chi connectivity index (χ2n) is 11.9. The molecule has 7 rings (SSSR count). The summed E-state index contributed by atoms with van der Waals surface area (Å²) < 4.78 is 2.29. The van der Waals surface area contributed by atoms with Crippen molar-refractivity contribution >= 4 is 22.5 Å². The maximum Gasteiger partial charge on any atom is 0.282 e. The van der Waals surface area contributed by atoms with Crippen molar-refractivity contribution in [3.8, 4) is 5.69 Å². The number of hydrogen-bond acceptors (Lipinski definition) is 4. The second-order valence-corrected chi connectivity index (χ2v) is 12.3. The topological polar surface area (TPSA) is 50.2 Å². The number of hydrogen-bond donors (Lipinski definition) is 1. The quantitative estimate of drug-likeness (QED) is 0.479. The summed E-state index contributed by atoms with van der Waals surface area (Å²) in [6.45, 7) is 6.01. The van der Waals surface area contributed by atoms with Crippen molar-refractivity contribution in [2.75, 3.05) is 32.7 Å². The van der Waals surface area contributed by atoms with Crippen molar-refractivity contribution in [3.05, 3.63) is 68.7 Å². The van der Waals surface area contributed by atoms with Gasteiger partial charge < -0.3 is 10.2 Å². The van der Waals surface area contributed by atoms with E-state index in [0.717, 1.165) is 30.1 Å². The first-order chi connectivity index (χ1) is 18.1. The van der Waals surface area contributed by atoms with Crippen LogP contribution in [0.15, 0.2) is 41.2 Å². The molecule has 194 valence electrons. The molecule has 1 spiro atoms. The van der Waals surface area contributed by atoms with Crippen LogP contribution in [0.25, 0.3) is 16.6 Å². The first-order valence-electron chi connectivity index (χ1n) is 14.4. The van der Waals surface area contributed by atoms with E-state index in [1.165, 1.54) is 94.5 Å². The van der Waals surface area contributed by atoms with Crippen molar-refractivity contribution in [2.24, 2.45) is 5.92 Å². The van der Waals surface area contributed by atoms with E-state index in [-0.39, 0.29) is 11.0 Å². The van der Waals surface area contributed by atoms with Crippen LogP contribution < -0.4 is 10.9 Å². The van der Waals surface area contributed by atoms with E-state index in [2.05, 4.69) is 33.0 Å². The molecule has 6 heteroatoms. The monoisotopic (exact) mass is 516 g/mol. The molecule has 3 aliphatic heterocycles. The fourth-order valence-corrected chi connectivity index (χ4v) is 8.08. The predicted molar refractivity (Wildman–Crippen MR) is 150 cm³/mol. The Bertz CT molecular complexity index is 1380. The molecule has 2 aromatic carbocycles. The number of piperidine rings is 2. The zero-order valence-corrected chi connectivity index (χ0v) is 22.4. The van der Waals surface area contributed by atoms with Gasteiger partial charge in [0.15, 0.2) is 0 Å². The standard InChI is InChI=1S/C31H37ClN4O/c32-25-5-4-6-26-28(25)29(37)34-30-31(13-2-1-3-14-31)24-8-7-23(19-27(24)36(26)30)22-11-17-35(18-12-22)20-21-9-15-33-16-10-21/h4-8,19,21-22,33H,1-3,9-18,20H2. The molecule has 4 heterocycles. The molecule has 2 saturated heterocycles. The Morgan fingerprint density at radius 1 is 1.00 bits per heavy atom. The van der Waals surface area contributed by atoms with E-state index >= 15 is 0 Å². The summed E-state index contributed by atoms with van der Waals surface area (Å²) >= 11 is 6.54. The third kappa shape index (κ3) is 3.97. The summed E-state index contributed by atoms with van der Waals surface area (Å²) in [5.74, 6) is 2.38. The SMILES string of the molecule is O=c1nc2n(c3cccc(Cl)c13)-c1cc(C3CCN(CC4CCNCC4)CC3)ccc1C21CCCCC1. The molecule has 0 bridgehead atoms. The second kappa shape index (κ2) is 9.52. The number of aromatic nitrogens is 2.